The third-order valence-electron chi connectivity index (χ3n) is 4.58. The molecule has 0 saturated heterocycles. The van der Waals surface area contributed by atoms with Crippen LogP contribution in [0.15, 0.2) is 36.0 Å². The molecule has 32 heavy (non-hydrogen) atoms. The fourth-order valence-electron chi connectivity index (χ4n) is 2.96. The Balaban J connectivity index is 1.88. The first-order valence-corrected chi connectivity index (χ1v) is 11.0. The zero-order valence-electron chi connectivity index (χ0n) is 17.9. The van der Waals surface area contributed by atoms with Gasteiger partial charge in [-0.25, -0.2) is 0 Å². The van der Waals surface area contributed by atoms with Gasteiger partial charge in [0, 0.05) is 24.4 Å². The third kappa shape index (κ3) is 5.28. The van der Waals surface area contributed by atoms with E-state index in [4.69, 9.17) is 21.1 Å². The number of hydrogen-bond acceptors (Lipinski definition) is 7. The van der Waals surface area contributed by atoms with E-state index in [9.17, 15) is 10.1 Å². The van der Waals surface area contributed by atoms with Crippen molar-refractivity contribution in [1.82, 2.24) is 14.8 Å². The molecule has 0 unspecified atom stereocenters. The smallest absolute Gasteiger partial charge is 0.268 e. The van der Waals surface area contributed by atoms with Crippen LogP contribution in [0.4, 0.5) is 5.13 Å². The number of unbranched alkanes of at least 4 members (excludes halogenated alkanes) is 1. The molecule has 0 aliphatic heterocycles. The molecule has 1 N–H and O–H groups in total. The van der Waals surface area contributed by atoms with E-state index >= 15 is 0 Å². The number of halogens is 1. The van der Waals surface area contributed by atoms with Crippen LogP contribution in [0.1, 0.15) is 30.5 Å². The highest BCUT2D eigenvalue weighted by atomic mass is 35.5. The predicted octanol–water partition coefficient (Wildman–Crippen LogP) is 4.89. The molecule has 1 aromatic carbocycles. The van der Waals surface area contributed by atoms with Gasteiger partial charge in [-0.1, -0.05) is 36.3 Å². The highest BCUT2D eigenvalue weighted by molar-refractivity contribution is 7.15. The number of aryl methyl sites for hydroxylation is 1. The first-order valence-electron chi connectivity index (χ1n) is 9.85. The van der Waals surface area contributed by atoms with Crippen molar-refractivity contribution in [1.29, 1.82) is 5.26 Å². The van der Waals surface area contributed by atoms with Crippen LogP contribution in [0, 0.1) is 11.3 Å². The summed E-state index contributed by atoms with van der Waals surface area (Å²) in [5.41, 5.74) is 1.16. The second-order valence-corrected chi connectivity index (χ2v) is 8.16. The van der Waals surface area contributed by atoms with E-state index in [1.165, 1.54) is 31.6 Å². The molecule has 166 valence electrons. The Labute approximate surface area is 195 Å². The van der Waals surface area contributed by atoms with Crippen LogP contribution in [0.25, 0.3) is 11.8 Å². The SMILES string of the molecule is CCCCc1nnc(NC(=O)C(C#N)=Cc2cccn2-c2cc(Cl)c(OC)cc2OC)s1. The minimum atomic E-state index is -0.557. The number of benzene rings is 1. The van der Waals surface area contributed by atoms with Crippen LogP contribution >= 0.6 is 22.9 Å². The molecule has 2 heterocycles. The summed E-state index contributed by atoms with van der Waals surface area (Å²) in [5, 5.41) is 21.9. The lowest BCUT2D eigenvalue weighted by Crippen LogP contribution is -2.13. The minimum absolute atomic E-state index is 0.0752. The van der Waals surface area contributed by atoms with Gasteiger partial charge >= 0.3 is 0 Å². The summed E-state index contributed by atoms with van der Waals surface area (Å²) in [6, 6.07) is 8.89. The molecule has 0 spiro atoms. The maximum Gasteiger partial charge on any atom is 0.268 e. The van der Waals surface area contributed by atoms with E-state index in [1.54, 1.807) is 35.0 Å². The quantitative estimate of drug-likeness (QED) is 0.352. The monoisotopic (exact) mass is 471 g/mol. The number of methoxy groups -OCH3 is 2. The lowest BCUT2D eigenvalue weighted by molar-refractivity contribution is -0.112. The Morgan fingerprint density at radius 3 is 2.78 bits per heavy atom. The summed E-state index contributed by atoms with van der Waals surface area (Å²) in [6.45, 7) is 2.10. The van der Waals surface area contributed by atoms with Gasteiger partial charge in [0.2, 0.25) is 5.13 Å². The number of ether oxygens (including phenoxy) is 2. The van der Waals surface area contributed by atoms with Crippen molar-refractivity contribution in [2.24, 2.45) is 0 Å². The summed E-state index contributed by atoms with van der Waals surface area (Å²) in [5.74, 6) is 0.440. The number of hydrogen-bond donors (Lipinski definition) is 1. The molecule has 2 aromatic heterocycles. The number of amides is 1. The molecular weight excluding hydrogens is 450 g/mol. The fourth-order valence-corrected chi connectivity index (χ4v) is 3.97. The first kappa shape index (κ1) is 23.3. The number of rotatable bonds is 9. The molecule has 1 amide bonds. The van der Waals surface area contributed by atoms with Gasteiger partial charge in [0.15, 0.2) is 0 Å². The molecule has 0 bridgehead atoms. The lowest BCUT2D eigenvalue weighted by Gasteiger charge is -2.14. The van der Waals surface area contributed by atoms with Crippen molar-refractivity contribution in [3.63, 3.8) is 0 Å². The molecule has 8 nitrogen and oxygen atoms in total. The van der Waals surface area contributed by atoms with Crippen LogP contribution in [-0.2, 0) is 11.2 Å². The molecule has 0 saturated carbocycles. The number of nitrogens with zero attached hydrogens (tertiary/aromatic N) is 4. The summed E-state index contributed by atoms with van der Waals surface area (Å²) >= 11 is 7.61. The Kier molecular flexibility index (Phi) is 7.87. The Hall–Kier alpha value is -3.35. The van der Waals surface area contributed by atoms with Crippen LogP contribution in [0.3, 0.4) is 0 Å². The number of aromatic nitrogens is 3. The van der Waals surface area contributed by atoms with E-state index in [0.29, 0.717) is 33.0 Å². The number of carbonyl (C=O) groups excluding carboxylic acids is 1. The van der Waals surface area contributed by atoms with Gasteiger partial charge < -0.3 is 14.0 Å². The van der Waals surface area contributed by atoms with Crippen LogP contribution in [-0.4, -0.2) is 34.9 Å². The molecule has 3 rings (SSSR count). The second kappa shape index (κ2) is 10.8. The van der Waals surface area contributed by atoms with Crippen LogP contribution in [0.5, 0.6) is 11.5 Å². The van der Waals surface area contributed by atoms with E-state index in [1.807, 2.05) is 6.07 Å². The Morgan fingerprint density at radius 2 is 2.09 bits per heavy atom. The van der Waals surface area contributed by atoms with E-state index in [-0.39, 0.29) is 5.57 Å². The molecular formula is C22H22ClN5O3S. The van der Waals surface area contributed by atoms with Crippen molar-refractivity contribution in [2.45, 2.75) is 26.2 Å². The molecule has 3 aromatic rings. The molecule has 0 fully saturated rings. The minimum Gasteiger partial charge on any atom is -0.495 e. The maximum absolute atomic E-state index is 12.7. The number of nitriles is 1. The summed E-state index contributed by atoms with van der Waals surface area (Å²) in [4.78, 5) is 12.7. The second-order valence-electron chi connectivity index (χ2n) is 6.69. The Morgan fingerprint density at radius 1 is 1.31 bits per heavy atom. The van der Waals surface area contributed by atoms with E-state index in [2.05, 4.69) is 22.4 Å². The van der Waals surface area contributed by atoms with Gasteiger partial charge in [0.1, 0.15) is 28.1 Å². The molecule has 0 atom stereocenters. The van der Waals surface area contributed by atoms with Gasteiger partial charge in [-0.05, 0) is 30.7 Å². The van der Waals surface area contributed by atoms with Gasteiger partial charge in [0.25, 0.3) is 5.91 Å². The topological polar surface area (TPSA) is 102 Å². The molecule has 0 aliphatic carbocycles. The first-order chi connectivity index (χ1) is 15.5. The van der Waals surface area contributed by atoms with Crippen molar-refractivity contribution in [3.8, 4) is 23.3 Å². The zero-order chi connectivity index (χ0) is 23.1. The standard InChI is InChI=1S/C22H22ClN5O3S/c1-4-5-8-20-26-27-22(32-20)25-21(29)14(13-24)10-15-7-6-9-28(15)17-11-16(23)18(30-2)12-19(17)31-3/h6-7,9-12H,4-5,8H2,1-3H3,(H,25,27,29). The average molecular weight is 472 g/mol. The van der Waals surface area contributed by atoms with Gasteiger partial charge in [-0.15, -0.1) is 10.2 Å². The molecule has 0 radical (unpaired) electrons. The number of nitrogens with one attached hydrogen (secondary N) is 1. The zero-order valence-corrected chi connectivity index (χ0v) is 19.5. The van der Waals surface area contributed by atoms with Crippen molar-refractivity contribution >= 4 is 40.1 Å². The largest absolute Gasteiger partial charge is 0.495 e. The average Bonchev–Trinajstić information content (AvgIpc) is 3.44. The lowest BCUT2D eigenvalue weighted by atomic mass is 10.2. The van der Waals surface area contributed by atoms with Gasteiger partial charge in [-0.2, -0.15) is 5.26 Å². The number of carbonyl (C=O) groups is 1. The predicted molar refractivity (Wildman–Crippen MR) is 125 cm³/mol. The van der Waals surface area contributed by atoms with Crippen LogP contribution < -0.4 is 14.8 Å². The van der Waals surface area contributed by atoms with Crippen LogP contribution in [0.2, 0.25) is 5.02 Å². The van der Waals surface area contributed by atoms with Gasteiger partial charge in [0.05, 0.1) is 24.9 Å². The summed E-state index contributed by atoms with van der Waals surface area (Å²) in [6.07, 6.45) is 6.13. The maximum atomic E-state index is 12.7. The van der Waals surface area contributed by atoms with E-state index in [0.717, 1.165) is 24.3 Å². The fraction of sp³-hybridized carbons (Fsp3) is 0.273. The highest BCUT2D eigenvalue weighted by Crippen LogP contribution is 2.35. The normalized spacial score (nSPS) is 11.2. The highest BCUT2D eigenvalue weighted by Gasteiger charge is 2.16. The van der Waals surface area contributed by atoms with Crippen molar-refractivity contribution in [3.05, 3.63) is 51.8 Å². The van der Waals surface area contributed by atoms with Gasteiger partial charge in [-0.3, -0.25) is 10.1 Å². The third-order valence-corrected chi connectivity index (χ3v) is 5.78. The summed E-state index contributed by atoms with van der Waals surface area (Å²) in [7, 11) is 3.06. The molecule has 0 aliphatic rings. The van der Waals surface area contributed by atoms with Crippen molar-refractivity contribution < 1.29 is 14.3 Å². The van der Waals surface area contributed by atoms with Crippen molar-refractivity contribution in [2.75, 3.05) is 19.5 Å². The number of anilines is 1. The summed E-state index contributed by atoms with van der Waals surface area (Å²) < 4.78 is 12.5. The molecule has 10 heteroatoms. The van der Waals surface area contributed by atoms with E-state index < -0.39 is 5.91 Å². The Bertz CT molecular complexity index is 1180.